The van der Waals surface area contributed by atoms with E-state index < -0.39 is 0 Å². The maximum Gasteiger partial charge on any atom is -0.109 e. The first-order chi connectivity index (χ1) is 13.8. The first kappa shape index (κ1) is 30.1. The van der Waals surface area contributed by atoms with Gasteiger partial charge in [0.2, 0.25) is 0 Å². The van der Waals surface area contributed by atoms with E-state index in [1.807, 2.05) is 12.2 Å². The Labute approximate surface area is 217 Å². The van der Waals surface area contributed by atoms with Gasteiger partial charge in [0, 0.05) is 12.1 Å². The zero-order valence-electron chi connectivity index (χ0n) is 19.5. The van der Waals surface area contributed by atoms with E-state index in [4.69, 9.17) is 0 Å². The second-order valence-electron chi connectivity index (χ2n) is 8.17. The van der Waals surface area contributed by atoms with E-state index in [0.29, 0.717) is 12.1 Å². The van der Waals surface area contributed by atoms with Crippen molar-refractivity contribution >= 4 is 8.89 Å². The fourth-order valence-electron chi connectivity index (χ4n) is 3.69. The van der Waals surface area contributed by atoms with Gasteiger partial charge in [0.15, 0.2) is 0 Å². The van der Waals surface area contributed by atoms with Crippen molar-refractivity contribution in [3.05, 3.63) is 77.9 Å². The first-order valence-corrected chi connectivity index (χ1v) is 11.7. The fourth-order valence-corrected chi connectivity index (χ4v) is 3.69. The molecule has 2 aromatic rings. The van der Waals surface area contributed by atoms with Gasteiger partial charge in [-0.2, -0.15) is 18.2 Å². The van der Waals surface area contributed by atoms with Crippen molar-refractivity contribution in [1.82, 2.24) is 0 Å². The van der Waals surface area contributed by atoms with Gasteiger partial charge in [-0.15, -0.1) is 23.6 Å². The van der Waals surface area contributed by atoms with E-state index in [1.54, 1.807) is 24.2 Å². The van der Waals surface area contributed by atoms with E-state index in [9.17, 15) is 0 Å². The number of halogens is 2. The van der Waals surface area contributed by atoms with E-state index in [0.717, 1.165) is 12.8 Å². The van der Waals surface area contributed by atoms with Crippen molar-refractivity contribution < 1.29 is 49.0 Å². The zero-order valence-corrected chi connectivity index (χ0v) is 23.4. The molecule has 2 aliphatic rings. The summed E-state index contributed by atoms with van der Waals surface area (Å²) in [5.74, 6) is 0. The van der Waals surface area contributed by atoms with Crippen LogP contribution < -0.4 is 29.7 Å². The van der Waals surface area contributed by atoms with Crippen LogP contribution in [0.2, 0.25) is 0 Å². The Bertz CT molecular complexity index is 863. The number of allylic oxidation sites excluding steroid dienone is 4. The predicted molar refractivity (Wildman–Crippen MR) is 124 cm³/mol. The summed E-state index contributed by atoms with van der Waals surface area (Å²) in [4.78, 5) is 2.43. The summed E-state index contributed by atoms with van der Waals surface area (Å²) in [6.45, 7) is 13.2. The van der Waals surface area contributed by atoms with Crippen LogP contribution >= 0.6 is 0 Å². The summed E-state index contributed by atoms with van der Waals surface area (Å²) in [5.41, 5.74) is 6.73. The summed E-state index contributed by atoms with van der Waals surface area (Å²) in [5, 5.41) is 0. The van der Waals surface area contributed by atoms with Gasteiger partial charge in [-0.1, -0.05) is 41.1 Å². The monoisotopic (exact) mass is 531 g/mol. The molecule has 31 heavy (non-hydrogen) atoms. The molecule has 0 aliphatic heterocycles. The Morgan fingerprint density at radius 2 is 1.55 bits per heavy atom. The van der Waals surface area contributed by atoms with E-state index in [2.05, 4.69) is 101 Å². The Balaban J connectivity index is 0.000000691. The number of benzene rings is 2. The normalized spacial score (nSPS) is 11.9. The number of rotatable bonds is 3. The van der Waals surface area contributed by atoms with Crippen LogP contribution in [0.3, 0.4) is 0 Å². The molecular weight excluding hydrogens is 500 g/mol. The molecule has 0 amide bonds. The summed E-state index contributed by atoms with van der Waals surface area (Å²) in [6, 6.07) is 17.8. The second kappa shape index (κ2) is 15.0. The maximum absolute atomic E-state index is 3.66. The molecule has 4 heteroatoms. The van der Waals surface area contributed by atoms with Gasteiger partial charge in [0.1, 0.15) is 0 Å². The van der Waals surface area contributed by atoms with Crippen LogP contribution in [-0.4, -0.2) is 15.3 Å². The third-order valence-electron chi connectivity index (χ3n) is 4.66. The minimum atomic E-state index is 0. The average Bonchev–Trinajstić information content (AvgIpc) is 3.32. The summed E-state index contributed by atoms with van der Waals surface area (Å²) in [6.07, 6.45) is 11.0. The van der Waals surface area contributed by atoms with Crippen LogP contribution in [0.15, 0.2) is 54.6 Å². The molecule has 0 heterocycles. The van der Waals surface area contributed by atoms with Crippen molar-refractivity contribution in [2.24, 2.45) is 0 Å². The maximum atomic E-state index is 3.66. The molecule has 0 aromatic heterocycles. The molecule has 0 fully saturated rings. The van der Waals surface area contributed by atoms with Crippen molar-refractivity contribution in [2.75, 3.05) is 4.90 Å². The van der Waals surface area contributed by atoms with Crippen LogP contribution in [0.1, 0.15) is 59.1 Å². The van der Waals surface area contributed by atoms with Crippen LogP contribution in [-0.2, 0) is 30.7 Å². The van der Waals surface area contributed by atoms with Gasteiger partial charge >= 0.3 is 41.3 Å². The summed E-state index contributed by atoms with van der Waals surface area (Å²) >= 11 is 1.55. The minimum absolute atomic E-state index is 0. The molecule has 0 atom stereocenters. The third-order valence-corrected chi connectivity index (χ3v) is 4.66. The van der Waals surface area contributed by atoms with E-state index in [-0.39, 0.29) is 24.8 Å². The molecular formula is C27H33Cl2NZr-2. The molecule has 0 spiro atoms. The van der Waals surface area contributed by atoms with Gasteiger partial charge in [-0.05, 0) is 34.1 Å². The molecule has 0 saturated carbocycles. The molecule has 2 aromatic carbocycles. The largest absolute Gasteiger partial charge is 1.00 e. The quantitative estimate of drug-likeness (QED) is 0.449. The Morgan fingerprint density at radius 3 is 2.03 bits per heavy atom. The fraction of sp³-hybridized carbons (Fsp3) is 0.370. The molecule has 0 radical (unpaired) electrons. The van der Waals surface area contributed by atoms with Crippen molar-refractivity contribution in [3.63, 3.8) is 0 Å². The number of nitrogens with zero attached hydrogens (tertiary/aromatic N) is 1. The number of hydrogen-bond donors (Lipinski definition) is 0. The summed E-state index contributed by atoms with van der Waals surface area (Å²) < 4.78 is 1.51. The van der Waals surface area contributed by atoms with Gasteiger partial charge < -0.3 is 29.7 Å². The minimum Gasteiger partial charge on any atom is -1.00 e. The molecule has 0 bridgehead atoms. The standard InChI is InChI=1S/C19H22N.C5H5.C3H6.2ClH.Zr/c1-13(2)20(14(3)4)17-9-10-19-16(12-17)11-15-7-5-6-8-18(15)19;1-2-4-5-3-1;1-3-2;;;/h5-10,13-14H,11H2,1-4H3;1-3H,4H2;1-2H3;2*1H;/q2*-1;;;;+2/p-2. The Morgan fingerprint density at radius 1 is 0.935 bits per heavy atom. The Kier molecular flexibility index (Phi) is 14.5. The first-order valence-electron chi connectivity index (χ1n) is 10.5. The van der Waals surface area contributed by atoms with Gasteiger partial charge in [-0.3, -0.25) is 6.08 Å². The molecule has 4 rings (SSSR count). The van der Waals surface area contributed by atoms with Gasteiger partial charge in [0.25, 0.3) is 0 Å². The van der Waals surface area contributed by atoms with Crippen molar-refractivity contribution in [3.8, 4) is 11.1 Å². The topological polar surface area (TPSA) is 3.24 Å². The zero-order chi connectivity index (χ0) is 21.4. The number of hydrogen-bond acceptors (Lipinski definition) is 1. The van der Waals surface area contributed by atoms with E-state index >= 15 is 0 Å². The second-order valence-corrected chi connectivity index (χ2v) is 10.6. The van der Waals surface area contributed by atoms with Crippen LogP contribution in [0.25, 0.3) is 11.1 Å². The van der Waals surface area contributed by atoms with Crippen LogP contribution in [0, 0.1) is 12.1 Å². The molecule has 0 N–H and O–H groups in total. The Hall–Kier alpha value is -0.947. The molecule has 1 nitrogen and oxygen atoms in total. The van der Waals surface area contributed by atoms with Crippen molar-refractivity contribution in [2.45, 2.75) is 66.5 Å². The smallest absolute Gasteiger partial charge is 0.109 e. The van der Waals surface area contributed by atoms with Gasteiger partial charge in [0.05, 0.1) is 0 Å². The van der Waals surface area contributed by atoms with Crippen LogP contribution in [0.4, 0.5) is 5.69 Å². The molecule has 0 saturated heterocycles. The molecule has 0 unspecified atom stereocenters. The molecule has 2 aliphatic carbocycles. The number of fused-ring (bicyclic) bond motifs is 3. The van der Waals surface area contributed by atoms with E-state index in [1.165, 1.54) is 31.1 Å². The number of anilines is 1. The third kappa shape index (κ3) is 9.21. The SMILES string of the molecule is CC(C)N(c1[c-]c2c(cc1)-c1ccccc1C2)C(C)C.C[C](C)=[Zr+2].[C-]1=CC=CC1.[Cl-].[Cl-]. The average molecular weight is 534 g/mol. The van der Waals surface area contributed by atoms with Crippen LogP contribution in [0.5, 0.6) is 0 Å². The predicted octanol–water partition coefficient (Wildman–Crippen LogP) is 0.740. The van der Waals surface area contributed by atoms with Crippen molar-refractivity contribution in [1.29, 1.82) is 0 Å². The summed E-state index contributed by atoms with van der Waals surface area (Å²) in [7, 11) is 0. The molecule has 166 valence electrons. The van der Waals surface area contributed by atoms with Gasteiger partial charge in [-0.25, -0.2) is 12.2 Å².